The summed E-state index contributed by atoms with van der Waals surface area (Å²) in [5.74, 6) is 1.49. The summed E-state index contributed by atoms with van der Waals surface area (Å²) < 4.78 is 7.78. The summed E-state index contributed by atoms with van der Waals surface area (Å²) in [7, 11) is 0. The van der Waals surface area contributed by atoms with Gasteiger partial charge in [-0.2, -0.15) is 0 Å². The van der Waals surface area contributed by atoms with E-state index in [0.29, 0.717) is 10.8 Å². The van der Waals surface area contributed by atoms with Crippen LogP contribution >= 0.6 is 11.6 Å². The molecule has 29 heavy (non-hydrogen) atoms. The summed E-state index contributed by atoms with van der Waals surface area (Å²) in [6.45, 7) is 6.16. The van der Waals surface area contributed by atoms with E-state index in [1.54, 1.807) is 24.3 Å². The van der Waals surface area contributed by atoms with Crippen molar-refractivity contribution < 1.29 is 9.53 Å². The van der Waals surface area contributed by atoms with Gasteiger partial charge in [-0.1, -0.05) is 24.9 Å². The Bertz CT molecular complexity index is 1000. The minimum Gasteiger partial charge on any atom is -0.484 e. The molecule has 7 heteroatoms. The zero-order valence-corrected chi connectivity index (χ0v) is 17.3. The van der Waals surface area contributed by atoms with Crippen molar-refractivity contribution in [1.82, 2.24) is 14.5 Å². The largest absolute Gasteiger partial charge is 0.484 e. The third-order valence-electron chi connectivity index (χ3n) is 5.13. The predicted molar refractivity (Wildman–Crippen MR) is 115 cm³/mol. The Labute approximate surface area is 175 Å². The average Bonchev–Trinajstić information content (AvgIpc) is 3.08. The molecule has 0 saturated heterocycles. The third kappa shape index (κ3) is 4.71. The monoisotopic (exact) mass is 412 g/mol. The molecule has 0 bridgehead atoms. The lowest BCUT2D eigenvalue weighted by atomic mass is 10.2. The average molecular weight is 413 g/mol. The maximum Gasteiger partial charge on any atom is 0.262 e. The molecule has 2 aromatic carbocycles. The van der Waals surface area contributed by atoms with Gasteiger partial charge in [0.15, 0.2) is 6.61 Å². The number of ether oxygens (including phenoxy) is 1. The smallest absolute Gasteiger partial charge is 0.262 e. The van der Waals surface area contributed by atoms with Crippen LogP contribution in [0.2, 0.25) is 5.02 Å². The van der Waals surface area contributed by atoms with Gasteiger partial charge in [0.2, 0.25) is 0 Å². The van der Waals surface area contributed by atoms with Crippen molar-refractivity contribution in [2.24, 2.45) is 0 Å². The van der Waals surface area contributed by atoms with Gasteiger partial charge in [0.25, 0.3) is 5.91 Å². The molecule has 1 aliphatic heterocycles. The highest BCUT2D eigenvalue weighted by atomic mass is 35.5. The van der Waals surface area contributed by atoms with E-state index in [4.69, 9.17) is 21.3 Å². The number of imidazole rings is 1. The molecule has 0 fully saturated rings. The first-order valence-electron chi connectivity index (χ1n) is 10.0. The van der Waals surface area contributed by atoms with Crippen LogP contribution in [0, 0.1) is 0 Å². The van der Waals surface area contributed by atoms with E-state index in [-0.39, 0.29) is 12.5 Å². The molecule has 1 N–H and O–H groups in total. The van der Waals surface area contributed by atoms with Crippen molar-refractivity contribution in [3.05, 3.63) is 53.3 Å². The first-order valence-corrected chi connectivity index (χ1v) is 10.4. The van der Waals surface area contributed by atoms with E-state index in [1.165, 1.54) is 12.8 Å². The zero-order valence-electron chi connectivity index (χ0n) is 16.5. The first kappa shape index (κ1) is 19.7. The molecule has 1 aliphatic rings. The van der Waals surface area contributed by atoms with Gasteiger partial charge in [-0.15, -0.1) is 0 Å². The molecule has 1 amide bonds. The number of rotatable bonds is 7. The second kappa shape index (κ2) is 8.84. The topological polar surface area (TPSA) is 59.4 Å². The predicted octanol–water partition coefficient (Wildman–Crippen LogP) is 4.32. The van der Waals surface area contributed by atoms with Crippen LogP contribution in [-0.2, 0) is 17.9 Å². The molecule has 0 unspecified atom stereocenters. The van der Waals surface area contributed by atoms with Crippen molar-refractivity contribution in [1.29, 1.82) is 0 Å². The number of carbonyl (C=O) groups excluding carboxylic acids is 1. The number of nitrogens with zero attached hydrogens (tertiary/aromatic N) is 3. The maximum absolute atomic E-state index is 12.2. The second-order valence-electron chi connectivity index (χ2n) is 7.30. The van der Waals surface area contributed by atoms with E-state index in [9.17, 15) is 4.79 Å². The number of benzene rings is 2. The molecule has 3 aromatic rings. The third-order valence-corrected chi connectivity index (χ3v) is 5.38. The maximum atomic E-state index is 12.2. The Kier molecular flexibility index (Phi) is 6.02. The van der Waals surface area contributed by atoms with Gasteiger partial charge in [0.05, 0.1) is 17.6 Å². The molecule has 0 atom stereocenters. The van der Waals surface area contributed by atoms with Crippen LogP contribution in [0.25, 0.3) is 11.0 Å². The zero-order chi connectivity index (χ0) is 20.2. The van der Waals surface area contributed by atoms with Gasteiger partial charge in [-0.3, -0.25) is 9.69 Å². The molecule has 0 aliphatic carbocycles. The van der Waals surface area contributed by atoms with Crippen LogP contribution in [0.3, 0.4) is 0 Å². The van der Waals surface area contributed by atoms with E-state index in [1.807, 2.05) is 18.2 Å². The lowest BCUT2D eigenvalue weighted by Crippen LogP contribution is -2.34. The number of halogens is 1. The van der Waals surface area contributed by atoms with Crippen molar-refractivity contribution >= 4 is 34.2 Å². The number of nitrogens with one attached hydrogen (secondary N) is 1. The molecule has 0 radical (unpaired) electrons. The highest BCUT2D eigenvalue weighted by molar-refractivity contribution is 6.30. The molecule has 6 nitrogen and oxygen atoms in total. The van der Waals surface area contributed by atoms with Crippen molar-refractivity contribution in [2.45, 2.75) is 32.9 Å². The van der Waals surface area contributed by atoms with Crippen molar-refractivity contribution in [3.63, 3.8) is 0 Å². The Balaban J connectivity index is 1.40. The Morgan fingerprint density at radius 3 is 2.83 bits per heavy atom. The molecule has 2 heterocycles. The normalized spacial score (nSPS) is 14.0. The van der Waals surface area contributed by atoms with E-state index >= 15 is 0 Å². The number of fused-ring (bicyclic) bond motifs is 3. The molecular weight excluding hydrogens is 388 g/mol. The fraction of sp³-hybridized carbons (Fsp3) is 0.364. The fourth-order valence-corrected chi connectivity index (χ4v) is 3.72. The minimum atomic E-state index is -0.214. The molecule has 0 saturated carbocycles. The van der Waals surface area contributed by atoms with Crippen LogP contribution in [0.5, 0.6) is 5.75 Å². The van der Waals surface area contributed by atoms with Gasteiger partial charge in [0, 0.05) is 23.8 Å². The highest BCUT2D eigenvalue weighted by Gasteiger charge is 2.19. The van der Waals surface area contributed by atoms with E-state index in [0.717, 1.165) is 48.7 Å². The quantitative estimate of drug-likeness (QED) is 0.627. The number of anilines is 1. The van der Waals surface area contributed by atoms with Crippen LogP contribution in [0.4, 0.5) is 5.69 Å². The molecule has 1 aromatic heterocycles. The molecular formula is C22H25ClN4O2. The van der Waals surface area contributed by atoms with E-state index in [2.05, 4.69) is 21.7 Å². The van der Waals surface area contributed by atoms with Crippen LogP contribution in [-0.4, -0.2) is 40.1 Å². The Hall–Kier alpha value is -2.57. The lowest BCUT2D eigenvalue weighted by molar-refractivity contribution is -0.118. The van der Waals surface area contributed by atoms with E-state index < -0.39 is 0 Å². The molecule has 152 valence electrons. The summed E-state index contributed by atoms with van der Waals surface area (Å²) in [5, 5.41) is 3.51. The lowest BCUT2D eigenvalue weighted by Gasteiger charge is -2.27. The van der Waals surface area contributed by atoms with Crippen LogP contribution in [0.1, 0.15) is 25.6 Å². The van der Waals surface area contributed by atoms with Crippen molar-refractivity contribution in [2.75, 3.05) is 25.0 Å². The number of hydrogen-bond acceptors (Lipinski definition) is 4. The van der Waals surface area contributed by atoms with Gasteiger partial charge in [-0.05, 0) is 55.4 Å². The van der Waals surface area contributed by atoms with Crippen molar-refractivity contribution in [3.8, 4) is 5.75 Å². The minimum absolute atomic E-state index is 0.0637. The highest BCUT2D eigenvalue weighted by Crippen LogP contribution is 2.24. The molecule has 4 rings (SSSR count). The van der Waals surface area contributed by atoms with Gasteiger partial charge in [-0.25, -0.2) is 4.98 Å². The number of hydrogen-bond donors (Lipinski definition) is 1. The summed E-state index contributed by atoms with van der Waals surface area (Å²) in [6.07, 6.45) is 2.42. The number of aromatic nitrogens is 2. The Morgan fingerprint density at radius 1 is 1.21 bits per heavy atom. The van der Waals surface area contributed by atoms with Gasteiger partial charge in [0.1, 0.15) is 11.6 Å². The standard InChI is InChI=1S/C22H25ClN4O2/c1-2-3-10-26-11-12-27-20-9-6-17(13-19(20)25-21(27)14-26)24-22(28)15-29-18-7-4-16(23)5-8-18/h4-9,13H,2-3,10-12,14-15H2,1H3,(H,24,28). The summed E-state index contributed by atoms with van der Waals surface area (Å²) in [5.41, 5.74) is 2.75. The summed E-state index contributed by atoms with van der Waals surface area (Å²) in [6, 6.07) is 12.8. The number of unbranched alkanes of at least 4 members (excludes halogenated alkanes) is 1. The van der Waals surface area contributed by atoms with Gasteiger partial charge >= 0.3 is 0 Å². The fourth-order valence-electron chi connectivity index (χ4n) is 3.60. The number of amides is 1. The van der Waals surface area contributed by atoms with Gasteiger partial charge < -0.3 is 14.6 Å². The summed E-state index contributed by atoms with van der Waals surface area (Å²) >= 11 is 5.85. The second-order valence-corrected chi connectivity index (χ2v) is 7.74. The first-order chi connectivity index (χ1) is 14.1. The van der Waals surface area contributed by atoms with Crippen LogP contribution < -0.4 is 10.1 Å². The number of carbonyl (C=O) groups is 1. The van der Waals surface area contributed by atoms with Crippen LogP contribution in [0.15, 0.2) is 42.5 Å². The molecule has 0 spiro atoms. The summed E-state index contributed by atoms with van der Waals surface area (Å²) in [4.78, 5) is 19.5. The Morgan fingerprint density at radius 2 is 2.03 bits per heavy atom. The SMILES string of the molecule is CCCCN1CCn2c(nc3cc(NC(=O)COc4ccc(Cl)cc4)ccc32)C1.